The lowest BCUT2D eigenvalue weighted by Gasteiger charge is -2.20. The molecule has 3 aliphatic rings. The van der Waals surface area contributed by atoms with E-state index in [1.807, 2.05) is 6.92 Å². The molecule has 1 aliphatic carbocycles. The van der Waals surface area contributed by atoms with Crippen molar-refractivity contribution in [3.63, 3.8) is 0 Å². The van der Waals surface area contributed by atoms with Gasteiger partial charge in [0, 0.05) is 18.9 Å². The molecule has 0 radical (unpaired) electrons. The molecule has 0 unspecified atom stereocenters. The van der Waals surface area contributed by atoms with Crippen molar-refractivity contribution in [2.75, 3.05) is 0 Å². The fourth-order valence-electron chi connectivity index (χ4n) is 3.86. The Bertz CT molecular complexity index is 635. The summed E-state index contributed by atoms with van der Waals surface area (Å²) in [6.07, 6.45) is 4.09. The van der Waals surface area contributed by atoms with Gasteiger partial charge in [0.1, 0.15) is 11.9 Å². The topological polar surface area (TPSA) is 64.5 Å². The van der Waals surface area contributed by atoms with Crippen molar-refractivity contribution in [1.29, 1.82) is 0 Å². The van der Waals surface area contributed by atoms with Gasteiger partial charge in [-0.2, -0.15) is 0 Å². The van der Waals surface area contributed by atoms with E-state index in [1.165, 1.54) is 6.92 Å². The van der Waals surface area contributed by atoms with Crippen molar-refractivity contribution < 1.29 is 23.4 Å². The highest BCUT2D eigenvalue weighted by molar-refractivity contribution is 5.66. The molecular weight excluding hydrogens is 284 g/mol. The summed E-state index contributed by atoms with van der Waals surface area (Å²) in [6.45, 7) is 7.63. The monoisotopic (exact) mass is 306 g/mol. The molecule has 2 aliphatic heterocycles. The second-order valence-corrected chi connectivity index (χ2v) is 7.27. The first kappa shape index (κ1) is 14.3. The van der Waals surface area contributed by atoms with E-state index in [-0.39, 0.29) is 29.4 Å². The Morgan fingerprint density at radius 2 is 2.09 bits per heavy atom. The van der Waals surface area contributed by atoms with Crippen LogP contribution < -0.4 is 0 Å². The lowest BCUT2D eigenvalue weighted by atomic mass is 9.86. The number of carbonyl (C=O) groups excluding carboxylic acids is 1. The molecule has 2 fully saturated rings. The van der Waals surface area contributed by atoms with Crippen LogP contribution in [0.1, 0.15) is 56.6 Å². The van der Waals surface area contributed by atoms with Gasteiger partial charge in [0.25, 0.3) is 0 Å². The van der Waals surface area contributed by atoms with Crippen LogP contribution in [-0.2, 0) is 25.4 Å². The van der Waals surface area contributed by atoms with E-state index in [0.29, 0.717) is 6.42 Å². The fourth-order valence-corrected chi connectivity index (χ4v) is 3.86. The van der Waals surface area contributed by atoms with Gasteiger partial charge in [0.2, 0.25) is 0 Å². The summed E-state index contributed by atoms with van der Waals surface area (Å²) in [5, 5.41) is 0. The van der Waals surface area contributed by atoms with E-state index in [0.717, 1.165) is 29.7 Å². The zero-order chi connectivity index (χ0) is 15.7. The summed E-state index contributed by atoms with van der Waals surface area (Å²) < 4.78 is 23.3. The number of carbonyl (C=O) groups is 1. The summed E-state index contributed by atoms with van der Waals surface area (Å²) in [7, 11) is 0. The van der Waals surface area contributed by atoms with Gasteiger partial charge in [0.05, 0.1) is 23.6 Å². The Kier molecular flexibility index (Phi) is 2.83. The third-order valence-corrected chi connectivity index (χ3v) is 5.35. The molecule has 2 saturated heterocycles. The van der Waals surface area contributed by atoms with Crippen molar-refractivity contribution in [3.05, 3.63) is 23.2 Å². The van der Waals surface area contributed by atoms with E-state index in [9.17, 15) is 4.79 Å². The van der Waals surface area contributed by atoms with Gasteiger partial charge >= 0.3 is 5.97 Å². The molecule has 0 N–H and O–H groups in total. The lowest BCUT2D eigenvalue weighted by molar-refractivity contribution is -0.147. The molecule has 0 saturated carbocycles. The largest absolute Gasteiger partial charge is 0.469 e. The van der Waals surface area contributed by atoms with E-state index < -0.39 is 6.10 Å². The third-order valence-electron chi connectivity index (χ3n) is 5.35. The normalized spacial score (nSPS) is 42.6. The molecule has 1 aromatic rings. The molecule has 5 heteroatoms. The van der Waals surface area contributed by atoms with Crippen LogP contribution in [0, 0.1) is 6.92 Å². The predicted molar refractivity (Wildman–Crippen MR) is 77.4 cm³/mol. The van der Waals surface area contributed by atoms with Crippen LogP contribution in [0.4, 0.5) is 0 Å². The van der Waals surface area contributed by atoms with Crippen molar-refractivity contribution in [3.8, 4) is 0 Å². The van der Waals surface area contributed by atoms with Crippen LogP contribution in [0.25, 0.3) is 0 Å². The maximum atomic E-state index is 11.6. The zero-order valence-corrected chi connectivity index (χ0v) is 13.5. The smallest absolute Gasteiger partial charge is 0.303 e. The lowest BCUT2D eigenvalue weighted by Crippen LogP contribution is -2.25. The number of esters is 1. The minimum absolute atomic E-state index is 0.102. The number of rotatable bonds is 1. The van der Waals surface area contributed by atoms with E-state index in [4.69, 9.17) is 18.6 Å². The van der Waals surface area contributed by atoms with Gasteiger partial charge in [-0.1, -0.05) is 0 Å². The molecule has 1 aromatic heterocycles. The van der Waals surface area contributed by atoms with Gasteiger partial charge < -0.3 is 18.6 Å². The van der Waals surface area contributed by atoms with Crippen LogP contribution in [-0.4, -0.2) is 29.4 Å². The SMILES string of the molecule is CC(=O)O[C@H]1c2c(C)coc2C[C@]2(C)O[C@H]2CC[C@]2(C)O[C@@H]12. The molecule has 0 bridgehead atoms. The fraction of sp³-hybridized carbons (Fsp3) is 0.706. The third kappa shape index (κ3) is 2.10. The second-order valence-electron chi connectivity index (χ2n) is 7.27. The van der Waals surface area contributed by atoms with E-state index >= 15 is 0 Å². The highest BCUT2D eigenvalue weighted by Crippen LogP contribution is 2.54. The molecule has 0 spiro atoms. The number of aryl methyl sites for hydroxylation is 1. The number of hydrogen-bond acceptors (Lipinski definition) is 5. The molecule has 0 amide bonds. The number of fused-ring (bicyclic) bond motifs is 3. The molecule has 4 rings (SSSR count). The molecule has 3 heterocycles. The standard InChI is InChI=1S/C17H22O5/c1-9-8-19-11-7-17(4)12(21-17)5-6-16(3)15(22-16)14(13(9)11)20-10(2)18/h8,12,14-15H,5-7H2,1-4H3/t12-,14-,15-,16-,17-/m0/s1. The van der Waals surface area contributed by atoms with Crippen LogP contribution in [0.3, 0.4) is 0 Å². The number of furan rings is 1. The molecular formula is C17H22O5. The summed E-state index contributed by atoms with van der Waals surface area (Å²) in [6, 6.07) is 0. The van der Waals surface area contributed by atoms with Crippen molar-refractivity contribution in [2.45, 2.75) is 76.5 Å². The summed E-state index contributed by atoms with van der Waals surface area (Å²) in [4.78, 5) is 11.6. The Labute approximate surface area is 129 Å². The molecule has 120 valence electrons. The summed E-state index contributed by atoms with van der Waals surface area (Å²) in [5.41, 5.74) is 1.55. The van der Waals surface area contributed by atoms with Gasteiger partial charge in [-0.25, -0.2) is 0 Å². The first-order chi connectivity index (χ1) is 10.3. The predicted octanol–water partition coefficient (Wildman–Crippen LogP) is 2.84. The minimum atomic E-state index is -0.393. The molecule has 22 heavy (non-hydrogen) atoms. The van der Waals surface area contributed by atoms with Crippen LogP contribution >= 0.6 is 0 Å². The summed E-state index contributed by atoms with van der Waals surface area (Å²) in [5.74, 6) is 0.562. The maximum Gasteiger partial charge on any atom is 0.303 e. The molecule has 5 atom stereocenters. The van der Waals surface area contributed by atoms with Crippen LogP contribution in [0.2, 0.25) is 0 Å². The van der Waals surface area contributed by atoms with Gasteiger partial charge in [-0.05, 0) is 39.2 Å². The first-order valence-corrected chi connectivity index (χ1v) is 7.92. The van der Waals surface area contributed by atoms with Gasteiger partial charge in [-0.15, -0.1) is 0 Å². The Morgan fingerprint density at radius 3 is 2.82 bits per heavy atom. The minimum Gasteiger partial charge on any atom is -0.469 e. The Balaban J connectivity index is 1.76. The average Bonchev–Trinajstić information content (AvgIpc) is 3.23. The quantitative estimate of drug-likeness (QED) is 0.589. The number of epoxide rings is 2. The van der Waals surface area contributed by atoms with Crippen LogP contribution in [0.15, 0.2) is 10.7 Å². The highest BCUT2D eigenvalue weighted by atomic mass is 16.6. The van der Waals surface area contributed by atoms with Crippen molar-refractivity contribution in [1.82, 2.24) is 0 Å². The Hall–Kier alpha value is -1.33. The van der Waals surface area contributed by atoms with Crippen molar-refractivity contribution in [2.24, 2.45) is 0 Å². The highest BCUT2D eigenvalue weighted by Gasteiger charge is 2.62. The maximum absolute atomic E-state index is 11.6. The average molecular weight is 306 g/mol. The van der Waals surface area contributed by atoms with Crippen molar-refractivity contribution >= 4 is 5.97 Å². The number of ether oxygens (including phenoxy) is 3. The second kappa shape index (κ2) is 4.36. The number of hydrogen-bond donors (Lipinski definition) is 0. The van der Waals surface area contributed by atoms with E-state index in [1.54, 1.807) is 6.26 Å². The Morgan fingerprint density at radius 1 is 1.32 bits per heavy atom. The summed E-state index contributed by atoms with van der Waals surface area (Å²) >= 11 is 0. The van der Waals surface area contributed by atoms with Gasteiger partial charge in [-0.3, -0.25) is 4.79 Å². The van der Waals surface area contributed by atoms with Crippen LogP contribution in [0.5, 0.6) is 0 Å². The molecule has 0 aromatic carbocycles. The first-order valence-electron chi connectivity index (χ1n) is 7.92. The van der Waals surface area contributed by atoms with Gasteiger partial charge in [0.15, 0.2) is 6.10 Å². The van der Waals surface area contributed by atoms with E-state index in [2.05, 4.69) is 13.8 Å². The zero-order valence-electron chi connectivity index (χ0n) is 13.5. The molecule has 5 nitrogen and oxygen atoms in total.